The highest BCUT2D eigenvalue weighted by atomic mass is 16.4. The molecule has 4 atom stereocenters. The van der Waals surface area contributed by atoms with Gasteiger partial charge in [0.2, 0.25) is 17.7 Å². The van der Waals surface area contributed by atoms with Gasteiger partial charge in [0, 0.05) is 36.5 Å². The molecule has 14 heteroatoms. The minimum Gasteiger partial charge on any atom is -0.508 e. The van der Waals surface area contributed by atoms with E-state index < -0.39 is 47.9 Å². The highest BCUT2D eigenvalue weighted by molar-refractivity contribution is 5.94. The minimum absolute atomic E-state index is 0.0225. The number of nitrogens with one attached hydrogen (secondary N) is 4. The van der Waals surface area contributed by atoms with Crippen molar-refractivity contribution >= 4 is 40.6 Å². The molecule has 0 spiro atoms. The van der Waals surface area contributed by atoms with E-state index in [1.807, 2.05) is 24.3 Å². The molecule has 0 fully saturated rings. The first-order chi connectivity index (χ1) is 20.4. The number of carbonyl (C=O) groups excluding carboxylic acids is 3. The second-order valence-electron chi connectivity index (χ2n) is 10.2. The van der Waals surface area contributed by atoms with E-state index in [0.29, 0.717) is 18.5 Å². The number of carboxylic acid groups (broad SMARTS) is 1. The van der Waals surface area contributed by atoms with Crippen LogP contribution in [0.2, 0.25) is 0 Å². The molecule has 0 aliphatic carbocycles. The number of amides is 3. The van der Waals surface area contributed by atoms with Gasteiger partial charge in [-0.25, -0.2) is 4.79 Å². The van der Waals surface area contributed by atoms with E-state index in [4.69, 9.17) is 17.2 Å². The van der Waals surface area contributed by atoms with Crippen molar-refractivity contribution < 1.29 is 29.4 Å². The van der Waals surface area contributed by atoms with E-state index in [9.17, 15) is 29.4 Å². The van der Waals surface area contributed by atoms with Crippen LogP contribution < -0.4 is 33.2 Å². The first-order valence-electron chi connectivity index (χ1n) is 13.7. The number of hydrogen-bond acceptors (Lipinski definition) is 7. The van der Waals surface area contributed by atoms with Crippen molar-refractivity contribution in [2.75, 3.05) is 6.54 Å². The quantitative estimate of drug-likeness (QED) is 0.0629. The summed E-state index contributed by atoms with van der Waals surface area (Å²) in [5.74, 6) is -3.26. The maximum atomic E-state index is 13.5. The molecule has 0 bridgehead atoms. The number of guanidine groups is 1. The van der Waals surface area contributed by atoms with Crippen molar-refractivity contribution in [2.45, 2.75) is 56.8 Å². The van der Waals surface area contributed by atoms with Crippen LogP contribution >= 0.6 is 0 Å². The Morgan fingerprint density at radius 3 is 2.26 bits per heavy atom. The second kappa shape index (κ2) is 15.2. The smallest absolute Gasteiger partial charge is 0.326 e. The van der Waals surface area contributed by atoms with Gasteiger partial charge in [0.25, 0.3) is 0 Å². The summed E-state index contributed by atoms with van der Waals surface area (Å²) in [6, 6.07) is 8.90. The zero-order valence-corrected chi connectivity index (χ0v) is 23.7. The van der Waals surface area contributed by atoms with Crippen LogP contribution in [0.5, 0.6) is 5.75 Å². The molecule has 0 radical (unpaired) electrons. The summed E-state index contributed by atoms with van der Waals surface area (Å²) in [4.78, 5) is 58.2. The molecule has 3 amide bonds. The Morgan fingerprint density at radius 1 is 0.907 bits per heavy atom. The molecule has 3 aromatic rings. The molecule has 0 saturated carbocycles. The van der Waals surface area contributed by atoms with E-state index >= 15 is 0 Å². The molecule has 12 N–H and O–H groups in total. The third kappa shape index (κ3) is 9.74. The molecule has 43 heavy (non-hydrogen) atoms. The number of rotatable bonds is 15. The number of fused-ring (bicyclic) bond motifs is 1. The monoisotopic (exact) mass is 594 g/mol. The van der Waals surface area contributed by atoms with E-state index in [2.05, 4.69) is 25.9 Å². The maximum absolute atomic E-state index is 13.5. The molecule has 3 rings (SSSR count). The van der Waals surface area contributed by atoms with E-state index in [1.54, 1.807) is 18.3 Å². The van der Waals surface area contributed by atoms with Gasteiger partial charge >= 0.3 is 5.97 Å². The van der Waals surface area contributed by atoms with Crippen LogP contribution in [0.25, 0.3) is 10.9 Å². The molecule has 0 aliphatic rings. The van der Waals surface area contributed by atoms with Crippen LogP contribution in [0, 0.1) is 0 Å². The summed E-state index contributed by atoms with van der Waals surface area (Å²) >= 11 is 0. The van der Waals surface area contributed by atoms with Crippen molar-refractivity contribution in [3.63, 3.8) is 0 Å². The number of carbonyl (C=O) groups is 4. The average molecular weight is 595 g/mol. The lowest BCUT2D eigenvalue weighted by atomic mass is 10.0. The molecule has 0 saturated heterocycles. The molecule has 230 valence electrons. The highest BCUT2D eigenvalue weighted by Crippen LogP contribution is 2.19. The fourth-order valence-corrected chi connectivity index (χ4v) is 4.40. The molecule has 2 aromatic carbocycles. The minimum atomic E-state index is -1.31. The third-order valence-electron chi connectivity index (χ3n) is 6.78. The van der Waals surface area contributed by atoms with Crippen LogP contribution in [0.1, 0.15) is 30.9 Å². The van der Waals surface area contributed by atoms with Gasteiger partial charge in [0.05, 0.1) is 6.04 Å². The van der Waals surface area contributed by atoms with Gasteiger partial charge in [-0.1, -0.05) is 30.3 Å². The molecular formula is C29H38N8O6. The number of hydrogen-bond donors (Lipinski definition) is 9. The summed E-state index contributed by atoms with van der Waals surface area (Å²) in [5, 5.41) is 27.9. The van der Waals surface area contributed by atoms with Crippen LogP contribution in [0.3, 0.4) is 0 Å². The van der Waals surface area contributed by atoms with Crippen molar-refractivity contribution in [3.05, 3.63) is 65.9 Å². The molecule has 1 aromatic heterocycles. The predicted octanol–water partition coefficient (Wildman–Crippen LogP) is -0.401. The SMILES string of the molecule is CC(NC(=O)C(N)CCCN=C(N)N)C(=O)NC(Cc1c[nH]c2ccccc12)C(=O)NC(Cc1ccc(O)cc1)C(=O)O. The number of aromatic amines is 1. The molecule has 0 aliphatic heterocycles. The maximum Gasteiger partial charge on any atom is 0.326 e. The molecule has 14 nitrogen and oxygen atoms in total. The topological polar surface area (TPSA) is 251 Å². The van der Waals surface area contributed by atoms with Crippen molar-refractivity contribution in [1.82, 2.24) is 20.9 Å². The first kappa shape index (κ1) is 32.4. The average Bonchev–Trinajstić information content (AvgIpc) is 3.37. The largest absolute Gasteiger partial charge is 0.508 e. The van der Waals surface area contributed by atoms with Crippen LogP contribution in [0.15, 0.2) is 59.7 Å². The van der Waals surface area contributed by atoms with Crippen molar-refractivity contribution in [2.24, 2.45) is 22.2 Å². The molecule has 1 heterocycles. The standard InChI is InChI=1S/C29H38N8O6/c1-16(35-26(40)21(30)6-4-12-33-29(31)32)25(39)36-23(14-18-15-34-22-7-3-2-5-20(18)22)27(41)37-24(28(42)43)13-17-8-10-19(38)11-9-17/h2-3,5,7-11,15-16,21,23-24,34,38H,4,6,12-14,30H2,1H3,(H,35,40)(H,36,39)(H,37,41)(H,42,43)(H4,31,32,33). The molecular weight excluding hydrogens is 556 g/mol. The van der Waals surface area contributed by atoms with Gasteiger partial charge in [-0.2, -0.15) is 0 Å². The number of para-hydroxylation sites is 1. The zero-order valence-electron chi connectivity index (χ0n) is 23.7. The summed E-state index contributed by atoms with van der Waals surface area (Å²) in [7, 11) is 0. The number of aromatic nitrogens is 1. The number of phenols is 1. The summed E-state index contributed by atoms with van der Waals surface area (Å²) in [5.41, 5.74) is 18.6. The Bertz CT molecular complexity index is 1450. The second-order valence-corrected chi connectivity index (χ2v) is 10.2. The normalized spacial score (nSPS) is 13.7. The fourth-order valence-electron chi connectivity index (χ4n) is 4.40. The van der Waals surface area contributed by atoms with Gasteiger partial charge < -0.3 is 48.3 Å². The number of nitrogens with zero attached hydrogens (tertiary/aromatic N) is 1. The number of nitrogens with two attached hydrogens (primary N) is 3. The lowest BCUT2D eigenvalue weighted by Gasteiger charge is -2.24. The summed E-state index contributed by atoms with van der Waals surface area (Å²) in [6.07, 6.45) is 2.44. The zero-order chi connectivity index (χ0) is 31.5. The Kier molecular flexibility index (Phi) is 11.5. The number of H-pyrrole nitrogens is 1. The van der Waals surface area contributed by atoms with Crippen molar-refractivity contribution in [3.8, 4) is 5.75 Å². The number of aliphatic imine (C=N–C) groups is 1. The van der Waals surface area contributed by atoms with Crippen LogP contribution in [-0.4, -0.2) is 75.6 Å². The lowest BCUT2D eigenvalue weighted by Crippen LogP contribution is -2.57. The van der Waals surface area contributed by atoms with Gasteiger partial charge in [0.1, 0.15) is 23.9 Å². The highest BCUT2D eigenvalue weighted by Gasteiger charge is 2.30. The number of benzene rings is 2. The Balaban J connectivity index is 1.72. The van der Waals surface area contributed by atoms with E-state index in [1.165, 1.54) is 19.1 Å². The van der Waals surface area contributed by atoms with Gasteiger partial charge in [0.15, 0.2) is 5.96 Å². The Morgan fingerprint density at radius 2 is 1.58 bits per heavy atom. The Labute approximate surface area is 248 Å². The van der Waals surface area contributed by atoms with E-state index in [0.717, 1.165) is 16.5 Å². The van der Waals surface area contributed by atoms with Crippen LogP contribution in [0.4, 0.5) is 0 Å². The number of carboxylic acids is 1. The van der Waals surface area contributed by atoms with Gasteiger partial charge in [-0.05, 0) is 49.1 Å². The van der Waals surface area contributed by atoms with Gasteiger partial charge in [-0.3, -0.25) is 19.4 Å². The number of aromatic hydroxyl groups is 1. The molecule has 4 unspecified atom stereocenters. The lowest BCUT2D eigenvalue weighted by molar-refractivity contribution is -0.142. The number of aliphatic carboxylic acids is 1. The third-order valence-corrected chi connectivity index (χ3v) is 6.78. The first-order valence-corrected chi connectivity index (χ1v) is 13.7. The van der Waals surface area contributed by atoms with Crippen molar-refractivity contribution in [1.29, 1.82) is 0 Å². The fraction of sp³-hybridized carbons (Fsp3) is 0.345. The van der Waals surface area contributed by atoms with Crippen LogP contribution in [-0.2, 0) is 32.0 Å². The van der Waals surface area contributed by atoms with E-state index in [-0.39, 0.29) is 31.0 Å². The van der Waals surface area contributed by atoms with Gasteiger partial charge in [-0.15, -0.1) is 0 Å². The summed E-state index contributed by atoms with van der Waals surface area (Å²) < 4.78 is 0. The number of phenolic OH excluding ortho intramolecular Hbond substituents is 1. The predicted molar refractivity (Wildman–Crippen MR) is 161 cm³/mol. The summed E-state index contributed by atoms with van der Waals surface area (Å²) in [6.45, 7) is 1.75. The Hall–Kier alpha value is -5.11.